The molecule has 0 bridgehead atoms. The second kappa shape index (κ2) is 5.43. The van der Waals surface area contributed by atoms with Crippen molar-refractivity contribution in [3.8, 4) is 11.6 Å². The van der Waals surface area contributed by atoms with Gasteiger partial charge in [-0.3, -0.25) is 5.43 Å². The van der Waals surface area contributed by atoms with Gasteiger partial charge in [-0.15, -0.1) is 0 Å². The highest BCUT2D eigenvalue weighted by molar-refractivity contribution is 5.51. The summed E-state index contributed by atoms with van der Waals surface area (Å²) in [6.07, 6.45) is 1.44. The summed E-state index contributed by atoms with van der Waals surface area (Å²) in [6.45, 7) is 5.07. The first-order valence-corrected chi connectivity index (χ1v) is 5.42. The van der Waals surface area contributed by atoms with Crippen LogP contribution in [0.25, 0.3) is 0 Å². The number of anilines is 1. The van der Waals surface area contributed by atoms with E-state index in [9.17, 15) is 8.78 Å². The Hall–Kier alpha value is -2.50. The quantitative estimate of drug-likeness (QED) is 0.678. The topological polar surface area (TPSA) is 46.5 Å². The summed E-state index contributed by atoms with van der Waals surface area (Å²) >= 11 is 0. The number of ether oxygens (including phenoxy) is 1. The van der Waals surface area contributed by atoms with Crippen molar-refractivity contribution in [2.75, 3.05) is 5.43 Å². The molecule has 1 aromatic carbocycles. The van der Waals surface area contributed by atoms with Crippen LogP contribution in [0.3, 0.4) is 0 Å². The van der Waals surface area contributed by atoms with Gasteiger partial charge < -0.3 is 4.74 Å². The molecule has 2 aromatic rings. The minimum absolute atomic E-state index is 0.0936. The van der Waals surface area contributed by atoms with Crippen molar-refractivity contribution in [1.29, 1.82) is 0 Å². The van der Waals surface area contributed by atoms with Gasteiger partial charge in [0, 0.05) is 12.8 Å². The lowest BCUT2D eigenvalue weighted by molar-refractivity contribution is 0.395. The SMILES string of the molecule is C=NNc1cnc(Oc2c(F)cccc2F)cc1C. The number of nitrogens with zero attached hydrogens (tertiary/aromatic N) is 2. The zero-order valence-electron chi connectivity index (χ0n) is 10.2. The average molecular weight is 263 g/mol. The molecule has 0 spiro atoms. The minimum Gasteiger partial charge on any atom is -0.433 e. The number of aromatic nitrogens is 1. The van der Waals surface area contributed by atoms with Crippen LogP contribution in [-0.2, 0) is 0 Å². The van der Waals surface area contributed by atoms with E-state index in [1.165, 1.54) is 12.3 Å². The van der Waals surface area contributed by atoms with Crippen LogP contribution in [0.15, 0.2) is 35.6 Å². The van der Waals surface area contributed by atoms with Gasteiger partial charge in [0.1, 0.15) is 0 Å². The third kappa shape index (κ3) is 2.85. The number of rotatable bonds is 4. The molecule has 1 N–H and O–H groups in total. The van der Waals surface area contributed by atoms with Crippen LogP contribution in [0.4, 0.5) is 14.5 Å². The van der Waals surface area contributed by atoms with Crippen LogP contribution < -0.4 is 10.2 Å². The summed E-state index contributed by atoms with van der Waals surface area (Å²) in [6, 6.07) is 5.03. The summed E-state index contributed by atoms with van der Waals surface area (Å²) in [5, 5.41) is 3.51. The second-order valence-electron chi connectivity index (χ2n) is 3.76. The Bertz CT molecular complexity index is 597. The number of aryl methyl sites for hydroxylation is 1. The highest BCUT2D eigenvalue weighted by Crippen LogP contribution is 2.27. The first-order valence-electron chi connectivity index (χ1n) is 5.42. The van der Waals surface area contributed by atoms with E-state index in [-0.39, 0.29) is 5.88 Å². The van der Waals surface area contributed by atoms with Crippen molar-refractivity contribution in [3.63, 3.8) is 0 Å². The van der Waals surface area contributed by atoms with E-state index in [1.54, 1.807) is 13.0 Å². The van der Waals surface area contributed by atoms with E-state index in [4.69, 9.17) is 4.74 Å². The third-order valence-corrected chi connectivity index (χ3v) is 2.41. The zero-order chi connectivity index (χ0) is 13.8. The molecule has 0 aliphatic carbocycles. The summed E-state index contributed by atoms with van der Waals surface area (Å²) in [5.74, 6) is -1.95. The highest BCUT2D eigenvalue weighted by atomic mass is 19.1. The Labute approximate surface area is 108 Å². The smallest absolute Gasteiger partial charge is 0.219 e. The summed E-state index contributed by atoms with van der Waals surface area (Å²) in [5.41, 5.74) is 4.03. The van der Waals surface area contributed by atoms with Gasteiger partial charge in [0.25, 0.3) is 0 Å². The maximum absolute atomic E-state index is 13.4. The van der Waals surface area contributed by atoms with Crippen LogP contribution in [0.1, 0.15) is 5.56 Å². The number of hydrogen-bond donors (Lipinski definition) is 1. The molecular weight excluding hydrogens is 252 g/mol. The molecule has 4 nitrogen and oxygen atoms in total. The lowest BCUT2D eigenvalue weighted by atomic mass is 10.2. The fourth-order valence-electron chi connectivity index (χ4n) is 1.47. The molecule has 1 aromatic heterocycles. The Morgan fingerprint density at radius 1 is 1.32 bits per heavy atom. The van der Waals surface area contributed by atoms with Crippen molar-refractivity contribution in [1.82, 2.24) is 4.98 Å². The first-order chi connectivity index (χ1) is 9.11. The van der Waals surface area contributed by atoms with Crippen molar-refractivity contribution >= 4 is 12.4 Å². The van der Waals surface area contributed by atoms with Crippen molar-refractivity contribution in [2.24, 2.45) is 5.10 Å². The molecule has 0 radical (unpaired) electrons. The van der Waals surface area contributed by atoms with Gasteiger partial charge in [0.15, 0.2) is 11.6 Å². The molecule has 0 saturated carbocycles. The Balaban J connectivity index is 2.29. The molecule has 0 atom stereocenters. The standard InChI is InChI=1S/C13H11F2N3O/c1-8-6-12(17-7-11(8)18-16-2)19-13-9(14)4-3-5-10(13)15/h3-7,18H,2H2,1H3. The van der Waals surface area contributed by atoms with E-state index < -0.39 is 17.4 Å². The van der Waals surface area contributed by atoms with Gasteiger partial charge in [-0.25, -0.2) is 13.8 Å². The van der Waals surface area contributed by atoms with Crippen molar-refractivity contribution in [3.05, 3.63) is 47.7 Å². The monoisotopic (exact) mass is 263 g/mol. The third-order valence-electron chi connectivity index (χ3n) is 2.41. The minimum atomic E-state index is -0.783. The molecule has 0 amide bonds. The number of halogens is 2. The maximum Gasteiger partial charge on any atom is 0.219 e. The van der Waals surface area contributed by atoms with Gasteiger partial charge in [-0.1, -0.05) is 6.07 Å². The normalized spacial score (nSPS) is 10.1. The van der Waals surface area contributed by atoms with Gasteiger partial charge >= 0.3 is 0 Å². The molecule has 1 heterocycles. The first kappa shape index (κ1) is 12.9. The van der Waals surface area contributed by atoms with Crippen molar-refractivity contribution in [2.45, 2.75) is 6.92 Å². The molecular formula is C13H11F2N3O. The van der Waals surface area contributed by atoms with E-state index in [0.717, 1.165) is 17.7 Å². The van der Waals surface area contributed by atoms with Crippen LogP contribution >= 0.6 is 0 Å². The molecule has 0 saturated heterocycles. The predicted molar refractivity (Wildman–Crippen MR) is 68.6 cm³/mol. The fourth-order valence-corrected chi connectivity index (χ4v) is 1.47. The Kier molecular flexibility index (Phi) is 3.70. The van der Waals surface area contributed by atoms with Gasteiger partial charge in [0.05, 0.1) is 11.9 Å². The summed E-state index contributed by atoms with van der Waals surface area (Å²) in [7, 11) is 0. The molecule has 19 heavy (non-hydrogen) atoms. The summed E-state index contributed by atoms with van der Waals surface area (Å²) < 4.78 is 31.9. The number of nitrogens with one attached hydrogen (secondary N) is 1. The molecule has 0 aliphatic rings. The van der Waals surface area contributed by atoms with Gasteiger partial charge in [-0.2, -0.15) is 5.10 Å². The van der Waals surface area contributed by atoms with Crippen LogP contribution in [0.2, 0.25) is 0 Å². The molecule has 98 valence electrons. The Morgan fingerprint density at radius 2 is 2.00 bits per heavy atom. The van der Waals surface area contributed by atoms with Crippen LogP contribution in [-0.4, -0.2) is 11.7 Å². The fraction of sp³-hybridized carbons (Fsp3) is 0.0769. The molecule has 6 heteroatoms. The van der Waals surface area contributed by atoms with Gasteiger partial charge in [0.2, 0.25) is 11.6 Å². The van der Waals surface area contributed by atoms with Crippen LogP contribution in [0, 0.1) is 18.6 Å². The van der Waals surface area contributed by atoms with Crippen LogP contribution in [0.5, 0.6) is 11.6 Å². The number of hydrazone groups is 1. The molecule has 0 fully saturated rings. The highest BCUT2D eigenvalue weighted by Gasteiger charge is 2.12. The second-order valence-corrected chi connectivity index (χ2v) is 3.76. The van der Waals surface area contributed by atoms with E-state index in [2.05, 4.69) is 22.2 Å². The number of hydrogen-bond acceptors (Lipinski definition) is 4. The van der Waals surface area contributed by atoms with E-state index >= 15 is 0 Å². The molecule has 2 rings (SSSR count). The summed E-state index contributed by atoms with van der Waals surface area (Å²) in [4.78, 5) is 3.93. The Morgan fingerprint density at radius 3 is 2.58 bits per heavy atom. The zero-order valence-corrected chi connectivity index (χ0v) is 10.2. The average Bonchev–Trinajstić information content (AvgIpc) is 2.37. The lowest BCUT2D eigenvalue weighted by Crippen LogP contribution is -1.97. The van der Waals surface area contributed by atoms with Gasteiger partial charge in [-0.05, 0) is 24.6 Å². The number of para-hydroxylation sites is 1. The van der Waals surface area contributed by atoms with E-state index in [1.807, 2.05) is 0 Å². The molecule has 0 aliphatic heterocycles. The number of benzene rings is 1. The molecule has 0 unspecified atom stereocenters. The van der Waals surface area contributed by atoms with E-state index in [0.29, 0.717) is 5.69 Å². The predicted octanol–water partition coefficient (Wildman–Crippen LogP) is 3.49. The van der Waals surface area contributed by atoms with Crippen molar-refractivity contribution < 1.29 is 13.5 Å². The largest absolute Gasteiger partial charge is 0.433 e. The number of pyridine rings is 1. The lowest BCUT2D eigenvalue weighted by Gasteiger charge is -2.09. The maximum atomic E-state index is 13.4.